The number of hydrogen-bond donors (Lipinski definition) is 2. The van der Waals surface area contributed by atoms with Crippen LogP contribution in [0.5, 0.6) is 0 Å². The summed E-state index contributed by atoms with van der Waals surface area (Å²) in [6.45, 7) is 1.22. The second kappa shape index (κ2) is 8.53. The largest absolute Gasteiger partial charge is 0.367 e. The summed E-state index contributed by atoms with van der Waals surface area (Å²) in [4.78, 5) is 12.4. The van der Waals surface area contributed by atoms with Crippen LogP contribution in [0.25, 0.3) is 10.1 Å². The van der Waals surface area contributed by atoms with Crippen LogP contribution in [0.15, 0.2) is 48.5 Å². The van der Waals surface area contributed by atoms with E-state index in [1.807, 2.05) is 24.3 Å². The minimum atomic E-state index is -0.0184. The molecule has 0 bridgehead atoms. The van der Waals surface area contributed by atoms with E-state index in [4.69, 9.17) is 0 Å². The summed E-state index contributed by atoms with van der Waals surface area (Å²) in [5.41, 5.74) is 2.11. The van der Waals surface area contributed by atoms with Crippen LogP contribution in [0.4, 0.5) is 5.82 Å². The van der Waals surface area contributed by atoms with Gasteiger partial charge in [0.1, 0.15) is 5.82 Å². The first-order valence-corrected chi connectivity index (χ1v) is 10.5. The summed E-state index contributed by atoms with van der Waals surface area (Å²) in [5, 5.41) is 7.43. The predicted molar refractivity (Wildman–Crippen MR) is 113 cm³/mol. The molecule has 1 aromatic heterocycles. The van der Waals surface area contributed by atoms with Gasteiger partial charge in [-0.15, -0.1) is 0 Å². The first-order valence-electron chi connectivity index (χ1n) is 9.78. The van der Waals surface area contributed by atoms with Crippen LogP contribution in [-0.4, -0.2) is 23.4 Å². The lowest BCUT2D eigenvalue weighted by atomic mass is 9.84. The zero-order valence-electron chi connectivity index (χ0n) is 15.4. The van der Waals surface area contributed by atoms with E-state index in [-0.39, 0.29) is 5.91 Å². The topological polar surface area (TPSA) is 54.0 Å². The van der Waals surface area contributed by atoms with Gasteiger partial charge in [0.2, 0.25) is 0 Å². The first kappa shape index (κ1) is 18.0. The Balaban J connectivity index is 1.26. The fourth-order valence-electron chi connectivity index (χ4n) is 3.81. The van der Waals surface area contributed by atoms with Crippen molar-refractivity contribution in [3.63, 3.8) is 0 Å². The fraction of sp³-hybridized carbons (Fsp3) is 0.364. The Labute approximate surface area is 164 Å². The summed E-state index contributed by atoms with van der Waals surface area (Å²) < 4.78 is 5.61. The molecule has 27 heavy (non-hydrogen) atoms. The third-order valence-electron chi connectivity index (χ3n) is 5.33. The molecule has 0 atom stereocenters. The van der Waals surface area contributed by atoms with Crippen LogP contribution < -0.4 is 10.6 Å². The van der Waals surface area contributed by atoms with Crippen molar-refractivity contribution in [3.8, 4) is 0 Å². The molecule has 0 spiro atoms. The summed E-state index contributed by atoms with van der Waals surface area (Å²) in [6, 6.07) is 16.3. The Morgan fingerprint density at radius 1 is 1.00 bits per heavy atom. The van der Waals surface area contributed by atoms with E-state index in [0.29, 0.717) is 19.0 Å². The summed E-state index contributed by atoms with van der Waals surface area (Å²) >= 11 is 1.49. The van der Waals surface area contributed by atoms with Crippen molar-refractivity contribution in [1.29, 1.82) is 0 Å². The molecule has 2 aromatic carbocycles. The number of benzene rings is 2. The van der Waals surface area contributed by atoms with Crippen LogP contribution in [0.3, 0.4) is 0 Å². The number of nitrogens with zero attached hydrogens (tertiary/aromatic N) is 1. The molecule has 4 rings (SSSR count). The van der Waals surface area contributed by atoms with Gasteiger partial charge in [-0.25, -0.2) is 0 Å². The minimum Gasteiger partial charge on any atom is -0.367 e. The van der Waals surface area contributed by atoms with E-state index < -0.39 is 0 Å². The predicted octanol–water partition coefficient (Wildman–Crippen LogP) is 5.19. The minimum absolute atomic E-state index is 0.0184. The molecule has 0 saturated heterocycles. The normalized spacial score (nSPS) is 15.0. The lowest BCUT2D eigenvalue weighted by molar-refractivity contribution is 0.0955. The number of carbonyl (C=O) groups excluding carboxylic acids is 1. The molecule has 3 aromatic rings. The van der Waals surface area contributed by atoms with Gasteiger partial charge in [0.25, 0.3) is 5.91 Å². The zero-order chi connectivity index (χ0) is 18.5. The van der Waals surface area contributed by atoms with E-state index in [9.17, 15) is 4.79 Å². The quantitative estimate of drug-likeness (QED) is 0.580. The molecule has 1 saturated carbocycles. The van der Waals surface area contributed by atoms with Gasteiger partial charge >= 0.3 is 0 Å². The number of carbonyl (C=O) groups is 1. The Bertz CT molecular complexity index is 897. The molecular formula is C22H25N3OS. The molecule has 2 N–H and O–H groups in total. The number of fused-ring (bicyclic) bond motifs is 1. The Hall–Kier alpha value is -2.40. The van der Waals surface area contributed by atoms with Crippen molar-refractivity contribution in [2.24, 2.45) is 0 Å². The average molecular weight is 380 g/mol. The van der Waals surface area contributed by atoms with Gasteiger partial charge in [0.05, 0.1) is 4.70 Å². The molecule has 4 nitrogen and oxygen atoms in total. The smallest absolute Gasteiger partial charge is 0.251 e. The maximum Gasteiger partial charge on any atom is 0.251 e. The molecule has 1 aliphatic carbocycles. The monoisotopic (exact) mass is 379 g/mol. The molecule has 1 aliphatic rings. The van der Waals surface area contributed by atoms with Gasteiger partial charge in [-0.3, -0.25) is 4.79 Å². The van der Waals surface area contributed by atoms with Crippen molar-refractivity contribution >= 4 is 33.3 Å². The van der Waals surface area contributed by atoms with E-state index in [1.54, 1.807) is 0 Å². The van der Waals surface area contributed by atoms with E-state index >= 15 is 0 Å². The number of anilines is 1. The molecular weight excluding hydrogens is 354 g/mol. The van der Waals surface area contributed by atoms with Crippen molar-refractivity contribution in [3.05, 3.63) is 59.7 Å². The molecule has 1 fully saturated rings. The van der Waals surface area contributed by atoms with E-state index in [2.05, 4.69) is 39.3 Å². The second-order valence-electron chi connectivity index (χ2n) is 7.17. The van der Waals surface area contributed by atoms with Crippen LogP contribution in [0.2, 0.25) is 0 Å². The lowest BCUT2D eigenvalue weighted by Gasteiger charge is -2.22. The average Bonchev–Trinajstić information content (AvgIpc) is 3.15. The van der Waals surface area contributed by atoms with Crippen molar-refractivity contribution in [1.82, 2.24) is 9.69 Å². The van der Waals surface area contributed by atoms with Crippen LogP contribution in [-0.2, 0) is 0 Å². The second-order valence-corrected chi connectivity index (χ2v) is 7.97. The van der Waals surface area contributed by atoms with Gasteiger partial charge in [-0.1, -0.05) is 43.5 Å². The summed E-state index contributed by atoms with van der Waals surface area (Å²) in [6.07, 6.45) is 6.58. The zero-order valence-corrected chi connectivity index (χ0v) is 16.2. The fourth-order valence-corrected chi connectivity index (χ4v) is 4.57. The molecule has 1 amide bonds. The molecule has 0 unspecified atom stereocenters. The Morgan fingerprint density at radius 2 is 1.78 bits per heavy atom. The van der Waals surface area contributed by atoms with Gasteiger partial charge < -0.3 is 10.6 Å². The maximum atomic E-state index is 12.4. The molecule has 0 aliphatic heterocycles. The standard InChI is InChI=1S/C22H25N3OS/c26-22(18-12-10-17(11-13-18)16-6-2-1-3-7-16)24-15-14-23-21-19-8-4-5-9-20(19)27-25-21/h4-5,8-13,16H,1-3,6-7,14-15H2,(H,23,25)(H,24,26). The number of nitrogens with one attached hydrogen (secondary N) is 2. The van der Waals surface area contributed by atoms with Crippen LogP contribution >= 0.6 is 11.5 Å². The lowest BCUT2D eigenvalue weighted by Crippen LogP contribution is -2.28. The number of hydrogen-bond acceptors (Lipinski definition) is 4. The summed E-state index contributed by atoms with van der Waals surface area (Å²) in [7, 11) is 0. The maximum absolute atomic E-state index is 12.4. The van der Waals surface area contributed by atoms with Crippen molar-refractivity contribution in [2.45, 2.75) is 38.0 Å². The highest BCUT2D eigenvalue weighted by Gasteiger charge is 2.15. The van der Waals surface area contributed by atoms with E-state index in [0.717, 1.165) is 16.8 Å². The molecule has 140 valence electrons. The highest BCUT2D eigenvalue weighted by atomic mass is 32.1. The Kier molecular flexibility index (Phi) is 5.68. The van der Waals surface area contributed by atoms with Crippen molar-refractivity contribution in [2.75, 3.05) is 18.4 Å². The highest BCUT2D eigenvalue weighted by Crippen LogP contribution is 2.32. The number of amides is 1. The SMILES string of the molecule is O=C(NCCNc1nsc2ccccc12)c1ccc(C2CCCCC2)cc1. The highest BCUT2D eigenvalue weighted by molar-refractivity contribution is 7.13. The molecule has 1 heterocycles. The van der Waals surface area contributed by atoms with Gasteiger partial charge in [-0.05, 0) is 60.1 Å². The van der Waals surface area contributed by atoms with E-state index in [1.165, 1.54) is 53.9 Å². The number of rotatable bonds is 6. The van der Waals surface area contributed by atoms with Crippen molar-refractivity contribution < 1.29 is 4.79 Å². The third kappa shape index (κ3) is 4.30. The summed E-state index contributed by atoms with van der Waals surface area (Å²) in [5.74, 6) is 1.55. The van der Waals surface area contributed by atoms with Gasteiger partial charge in [-0.2, -0.15) is 4.37 Å². The third-order valence-corrected chi connectivity index (χ3v) is 6.16. The first-order chi connectivity index (χ1) is 13.3. The molecule has 0 radical (unpaired) electrons. The molecule has 5 heteroatoms. The van der Waals surface area contributed by atoms with Gasteiger partial charge in [0, 0.05) is 24.0 Å². The Morgan fingerprint density at radius 3 is 2.59 bits per heavy atom. The number of aromatic nitrogens is 1. The van der Waals surface area contributed by atoms with Gasteiger partial charge in [0.15, 0.2) is 0 Å². The van der Waals surface area contributed by atoms with Crippen LogP contribution in [0.1, 0.15) is 53.9 Å². The van der Waals surface area contributed by atoms with Crippen LogP contribution in [0, 0.1) is 0 Å².